The molecule has 192 valence electrons. The maximum atomic E-state index is 13.4. The van der Waals surface area contributed by atoms with E-state index in [0.717, 1.165) is 57.0 Å². The molecule has 1 aromatic rings. The number of fused-ring (bicyclic) bond motifs is 3. The third kappa shape index (κ3) is 7.07. The van der Waals surface area contributed by atoms with E-state index in [4.69, 9.17) is 4.74 Å². The number of likely N-dealkylation sites (N-methyl/N-ethyl adjacent to an activating group) is 1. The van der Waals surface area contributed by atoms with Gasteiger partial charge in [-0.15, -0.1) is 0 Å². The molecule has 0 N–H and O–H groups in total. The molecule has 2 amide bonds. The number of benzene rings is 1. The van der Waals surface area contributed by atoms with Gasteiger partial charge in [0.05, 0.1) is 6.54 Å². The van der Waals surface area contributed by atoms with Crippen LogP contribution >= 0.6 is 0 Å². The summed E-state index contributed by atoms with van der Waals surface area (Å²) < 4.78 is 6.15. The summed E-state index contributed by atoms with van der Waals surface area (Å²) in [5, 5.41) is 0. The van der Waals surface area contributed by atoms with Gasteiger partial charge in [-0.25, -0.2) is 0 Å². The predicted molar refractivity (Wildman–Crippen MR) is 138 cm³/mol. The Kier molecular flexibility index (Phi) is 8.84. The Morgan fingerprint density at radius 2 is 1.86 bits per heavy atom. The molecule has 3 heterocycles. The van der Waals surface area contributed by atoms with Crippen LogP contribution in [0, 0.1) is 17.8 Å². The first-order valence-electron chi connectivity index (χ1n) is 13.2. The molecule has 0 spiro atoms. The summed E-state index contributed by atoms with van der Waals surface area (Å²) in [6, 6.07) is 8.13. The Labute approximate surface area is 210 Å². The minimum absolute atomic E-state index is 0.169. The second-order valence-corrected chi connectivity index (χ2v) is 10.9. The van der Waals surface area contributed by atoms with E-state index >= 15 is 0 Å². The highest BCUT2D eigenvalue weighted by Gasteiger charge is 2.33. The number of carbonyl (C=O) groups excluding carboxylic acids is 2. The zero-order valence-electron chi connectivity index (χ0n) is 21.7. The van der Waals surface area contributed by atoms with Gasteiger partial charge in [0, 0.05) is 64.3 Å². The van der Waals surface area contributed by atoms with E-state index in [0.29, 0.717) is 38.6 Å². The lowest BCUT2D eigenvalue weighted by atomic mass is 9.82. The van der Waals surface area contributed by atoms with Crippen LogP contribution in [0.2, 0.25) is 0 Å². The van der Waals surface area contributed by atoms with E-state index in [2.05, 4.69) is 48.9 Å². The first-order valence-corrected chi connectivity index (χ1v) is 13.2. The summed E-state index contributed by atoms with van der Waals surface area (Å²) in [7, 11) is 2.11. The van der Waals surface area contributed by atoms with Crippen LogP contribution in [-0.2, 0) is 16.1 Å². The number of ether oxygens (including phenoxy) is 1. The smallest absolute Gasteiger partial charge is 0.236 e. The van der Waals surface area contributed by atoms with Crippen molar-refractivity contribution in [3.8, 4) is 5.75 Å². The molecule has 2 bridgehead atoms. The lowest BCUT2D eigenvalue weighted by Crippen LogP contribution is -2.50. The lowest BCUT2D eigenvalue weighted by molar-refractivity contribution is -0.136. The van der Waals surface area contributed by atoms with Crippen LogP contribution in [0.3, 0.4) is 0 Å². The molecule has 7 nitrogen and oxygen atoms in total. The number of hydrogen-bond donors (Lipinski definition) is 0. The van der Waals surface area contributed by atoms with Gasteiger partial charge in [0.15, 0.2) is 0 Å². The maximum absolute atomic E-state index is 13.4. The molecular weight excluding hydrogens is 440 g/mol. The Morgan fingerprint density at radius 1 is 1.09 bits per heavy atom. The zero-order valence-corrected chi connectivity index (χ0v) is 21.7. The molecule has 1 aromatic carbocycles. The minimum atomic E-state index is 0.169. The first-order chi connectivity index (χ1) is 16.9. The van der Waals surface area contributed by atoms with E-state index in [1.54, 1.807) is 0 Å². The highest BCUT2D eigenvalue weighted by Crippen LogP contribution is 2.30. The summed E-state index contributed by atoms with van der Waals surface area (Å²) >= 11 is 0. The quantitative estimate of drug-likeness (QED) is 0.618. The number of hydrogen-bond acceptors (Lipinski definition) is 5. The first kappa shape index (κ1) is 25.7. The average Bonchev–Trinajstić information content (AvgIpc) is 2.83. The molecule has 0 aliphatic carbocycles. The molecule has 3 aliphatic rings. The summed E-state index contributed by atoms with van der Waals surface area (Å²) in [4.78, 5) is 35.0. The SMILES string of the molecule is CC(C)CN1CC(=O)N2CC[C@@H](CC(=O)N3CCN(C)CC3)[C@@H](/C=C/COc3ccccc3C1)C2. The number of amides is 2. The number of rotatable bonds is 4. The minimum Gasteiger partial charge on any atom is -0.489 e. The molecule has 0 aromatic heterocycles. The highest BCUT2D eigenvalue weighted by atomic mass is 16.5. The number of piperidine rings is 1. The van der Waals surface area contributed by atoms with Crippen molar-refractivity contribution in [2.45, 2.75) is 33.2 Å². The van der Waals surface area contributed by atoms with E-state index in [1.807, 2.05) is 28.0 Å². The van der Waals surface area contributed by atoms with Crippen molar-refractivity contribution in [3.63, 3.8) is 0 Å². The summed E-state index contributed by atoms with van der Waals surface area (Å²) in [5.41, 5.74) is 1.11. The third-order valence-corrected chi connectivity index (χ3v) is 7.52. The molecule has 7 heteroatoms. The van der Waals surface area contributed by atoms with Crippen LogP contribution in [0.1, 0.15) is 32.3 Å². The van der Waals surface area contributed by atoms with Gasteiger partial charge in [0.25, 0.3) is 0 Å². The van der Waals surface area contributed by atoms with Crippen molar-refractivity contribution in [2.24, 2.45) is 17.8 Å². The standard InChI is InChI=1S/C28H42N4O3/c1-22(2)18-30-19-25-7-4-5-9-26(25)35-16-6-8-24-20-32(28(34)21-30)11-10-23(24)17-27(33)31-14-12-29(3)13-15-31/h4-9,22-24H,10-21H2,1-3H3/b8-6+/t23-,24-/m0/s1. The number of piperazine rings is 1. The van der Waals surface area contributed by atoms with Crippen molar-refractivity contribution >= 4 is 11.8 Å². The van der Waals surface area contributed by atoms with E-state index in [-0.39, 0.29) is 23.7 Å². The van der Waals surface area contributed by atoms with Gasteiger partial charge in [-0.2, -0.15) is 0 Å². The Hall–Kier alpha value is -2.38. The van der Waals surface area contributed by atoms with Crippen molar-refractivity contribution < 1.29 is 14.3 Å². The van der Waals surface area contributed by atoms with Gasteiger partial charge in [-0.05, 0) is 37.3 Å². The van der Waals surface area contributed by atoms with E-state index < -0.39 is 0 Å². The van der Waals surface area contributed by atoms with Crippen LogP contribution in [0.5, 0.6) is 5.75 Å². The molecular formula is C28H42N4O3. The van der Waals surface area contributed by atoms with Crippen LogP contribution in [0.15, 0.2) is 36.4 Å². The summed E-state index contributed by atoms with van der Waals surface area (Å²) in [6.45, 7) is 11.7. The number of nitrogens with zero attached hydrogens (tertiary/aromatic N) is 4. The summed E-state index contributed by atoms with van der Waals surface area (Å²) in [6.07, 6.45) is 5.69. The Bertz CT molecular complexity index is 894. The molecule has 0 radical (unpaired) electrons. The fraction of sp³-hybridized carbons (Fsp3) is 0.643. The Balaban J connectivity index is 1.49. The maximum Gasteiger partial charge on any atom is 0.236 e. The monoisotopic (exact) mass is 482 g/mol. The molecule has 2 saturated heterocycles. The summed E-state index contributed by atoms with van der Waals surface area (Å²) in [5.74, 6) is 2.21. The molecule has 35 heavy (non-hydrogen) atoms. The predicted octanol–water partition coefficient (Wildman–Crippen LogP) is 2.72. The van der Waals surface area contributed by atoms with Gasteiger partial charge in [0.1, 0.15) is 12.4 Å². The second kappa shape index (κ2) is 12.0. The molecule has 3 aliphatic heterocycles. The van der Waals surface area contributed by atoms with Crippen LogP contribution in [0.25, 0.3) is 0 Å². The van der Waals surface area contributed by atoms with E-state index in [9.17, 15) is 9.59 Å². The normalized spacial score (nSPS) is 25.8. The van der Waals surface area contributed by atoms with Crippen molar-refractivity contribution in [1.82, 2.24) is 19.6 Å². The molecule has 2 atom stereocenters. The van der Waals surface area contributed by atoms with Gasteiger partial charge in [0.2, 0.25) is 11.8 Å². The van der Waals surface area contributed by atoms with Crippen molar-refractivity contribution in [1.29, 1.82) is 0 Å². The molecule has 0 saturated carbocycles. The lowest BCUT2D eigenvalue weighted by Gasteiger charge is -2.39. The number of carbonyl (C=O) groups is 2. The number of para-hydroxylation sites is 1. The van der Waals surface area contributed by atoms with Gasteiger partial charge >= 0.3 is 0 Å². The molecule has 4 rings (SSSR count). The molecule has 2 fully saturated rings. The molecule has 0 unspecified atom stereocenters. The second-order valence-electron chi connectivity index (χ2n) is 10.9. The van der Waals surface area contributed by atoms with Gasteiger partial charge in [-0.1, -0.05) is 44.2 Å². The fourth-order valence-corrected chi connectivity index (χ4v) is 5.51. The van der Waals surface area contributed by atoms with Crippen LogP contribution in [-0.4, -0.2) is 97.4 Å². The van der Waals surface area contributed by atoms with Gasteiger partial charge < -0.3 is 19.4 Å². The van der Waals surface area contributed by atoms with Crippen LogP contribution in [0.4, 0.5) is 0 Å². The van der Waals surface area contributed by atoms with Crippen molar-refractivity contribution in [2.75, 3.05) is 66.0 Å². The van der Waals surface area contributed by atoms with Crippen molar-refractivity contribution in [3.05, 3.63) is 42.0 Å². The largest absolute Gasteiger partial charge is 0.489 e. The third-order valence-electron chi connectivity index (χ3n) is 7.52. The van der Waals surface area contributed by atoms with Crippen LogP contribution < -0.4 is 4.74 Å². The topological polar surface area (TPSA) is 56.3 Å². The average molecular weight is 483 g/mol. The highest BCUT2D eigenvalue weighted by molar-refractivity contribution is 5.79. The van der Waals surface area contributed by atoms with Gasteiger partial charge in [-0.3, -0.25) is 14.5 Å². The zero-order chi connectivity index (χ0) is 24.8. The fourth-order valence-electron chi connectivity index (χ4n) is 5.51. The van der Waals surface area contributed by atoms with E-state index in [1.165, 1.54) is 0 Å². The Morgan fingerprint density at radius 3 is 2.63 bits per heavy atom.